The van der Waals surface area contributed by atoms with E-state index in [-0.39, 0.29) is 0 Å². The number of nitrogens with zero attached hydrogens (tertiary/aromatic N) is 2. The Hall–Kier alpha value is -1.81. The van der Waals surface area contributed by atoms with Crippen LogP contribution >= 0.6 is 0 Å². The summed E-state index contributed by atoms with van der Waals surface area (Å²) in [5.41, 5.74) is 10.7. The molecule has 1 aromatic carbocycles. The summed E-state index contributed by atoms with van der Waals surface area (Å²) in [6.07, 6.45) is 1.82. The van der Waals surface area contributed by atoms with Gasteiger partial charge in [0.15, 0.2) is 0 Å². The summed E-state index contributed by atoms with van der Waals surface area (Å²) >= 11 is 0. The Balaban J connectivity index is 2.31. The normalized spacial score (nSPS) is 10.9. The number of aryl methyl sites for hydroxylation is 2. The molecule has 4 heteroatoms. The van der Waals surface area contributed by atoms with Gasteiger partial charge in [-0.25, -0.2) is 4.98 Å². The van der Waals surface area contributed by atoms with Crippen molar-refractivity contribution in [2.45, 2.75) is 27.3 Å². The highest BCUT2D eigenvalue weighted by molar-refractivity contribution is 5.62. The number of nitrogen functional groups attached to an aromatic ring is 1. The molecule has 0 spiro atoms. The number of imidazole rings is 1. The first-order valence-corrected chi connectivity index (χ1v) is 6.60. The van der Waals surface area contributed by atoms with Gasteiger partial charge in [0.05, 0.1) is 18.5 Å². The van der Waals surface area contributed by atoms with Gasteiger partial charge in [0.1, 0.15) is 0 Å². The summed E-state index contributed by atoms with van der Waals surface area (Å²) in [6, 6.07) is 6.40. The average molecular weight is 259 g/mol. The van der Waals surface area contributed by atoms with Crippen LogP contribution in [0.15, 0.2) is 24.4 Å². The van der Waals surface area contributed by atoms with E-state index in [0.717, 1.165) is 17.8 Å². The van der Waals surface area contributed by atoms with Crippen molar-refractivity contribution in [3.8, 4) is 11.3 Å². The van der Waals surface area contributed by atoms with Crippen LogP contribution in [0, 0.1) is 13.8 Å². The van der Waals surface area contributed by atoms with E-state index in [9.17, 15) is 0 Å². The fourth-order valence-corrected chi connectivity index (χ4v) is 2.06. The molecule has 2 rings (SSSR count). The number of anilines is 1. The van der Waals surface area contributed by atoms with Crippen LogP contribution in [0.25, 0.3) is 11.3 Å². The van der Waals surface area contributed by atoms with Crippen molar-refractivity contribution in [2.24, 2.45) is 0 Å². The van der Waals surface area contributed by atoms with Crippen LogP contribution in [-0.2, 0) is 11.3 Å². The summed E-state index contributed by atoms with van der Waals surface area (Å²) in [4.78, 5) is 4.21. The molecule has 0 aliphatic heterocycles. The Labute approximate surface area is 114 Å². The van der Waals surface area contributed by atoms with Gasteiger partial charge in [0.25, 0.3) is 0 Å². The standard InChI is InChI=1S/C15H21N3O/c1-4-19-8-7-18-14(10-17-15(18)16)13-6-5-11(2)12(3)9-13/h5-6,9-10H,4,7-8H2,1-3H3,(H2,16,17). The summed E-state index contributed by atoms with van der Waals surface area (Å²) < 4.78 is 7.39. The molecule has 0 amide bonds. The van der Waals surface area contributed by atoms with Crippen LogP contribution in [-0.4, -0.2) is 22.8 Å². The maximum absolute atomic E-state index is 5.93. The van der Waals surface area contributed by atoms with Crippen molar-refractivity contribution in [2.75, 3.05) is 18.9 Å². The molecule has 0 radical (unpaired) electrons. The molecule has 0 unspecified atom stereocenters. The lowest BCUT2D eigenvalue weighted by molar-refractivity contribution is 0.139. The van der Waals surface area contributed by atoms with Crippen molar-refractivity contribution < 1.29 is 4.74 Å². The number of ether oxygens (including phenoxy) is 1. The first kappa shape index (κ1) is 13.6. The van der Waals surface area contributed by atoms with Crippen LogP contribution in [0.2, 0.25) is 0 Å². The topological polar surface area (TPSA) is 53.1 Å². The van der Waals surface area contributed by atoms with E-state index in [0.29, 0.717) is 19.2 Å². The van der Waals surface area contributed by atoms with E-state index in [1.165, 1.54) is 11.1 Å². The number of hydrogen-bond acceptors (Lipinski definition) is 3. The van der Waals surface area contributed by atoms with Crippen molar-refractivity contribution in [3.63, 3.8) is 0 Å². The van der Waals surface area contributed by atoms with Crippen LogP contribution in [0.5, 0.6) is 0 Å². The second-order valence-corrected chi connectivity index (χ2v) is 4.65. The lowest BCUT2D eigenvalue weighted by atomic mass is 10.0. The van der Waals surface area contributed by atoms with E-state index in [4.69, 9.17) is 10.5 Å². The Morgan fingerprint density at radius 2 is 2.05 bits per heavy atom. The third-order valence-electron chi connectivity index (χ3n) is 3.35. The molecule has 102 valence electrons. The second kappa shape index (κ2) is 5.89. The maximum atomic E-state index is 5.93. The van der Waals surface area contributed by atoms with Crippen molar-refractivity contribution in [1.82, 2.24) is 9.55 Å². The zero-order chi connectivity index (χ0) is 13.8. The smallest absolute Gasteiger partial charge is 0.200 e. The van der Waals surface area contributed by atoms with Crippen LogP contribution in [0.4, 0.5) is 5.95 Å². The Morgan fingerprint density at radius 3 is 2.74 bits per heavy atom. The van der Waals surface area contributed by atoms with E-state index >= 15 is 0 Å². The molecule has 0 saturated heterocycles. The summed E-state index contributed by atoms with van der Waals surface area (Å²) in [6.45, 7) is 8.30. The molecule has 2 aromatic rings. The highest BCUT2D eigenvalue weighted by atomic mass is 16.5. The average Bonchev–Trinajstić information content (AvgIpc) is 2.75. The minimum Gasteiger partial charge on any atom is -0.380 e. The van der Waals surface area contributed by atoms with Gasteiger partial charge in [-0.1, -0.05) is 12.1 Å². The quantitative estimate of drug-likeness (QED) is 0.840. The van der Waals surface area contributed by atoms with Gasteiger partial charge in [-0.2, -0.15) is 0 Å². The molecule has 0 atom stereocenters. The van der Waals surface area contributed by atoms with Gasteiger partial charge < -0.3 is 15.0 Å². The van der Waals surface area contributed by atoms with Crippen LogP contribution < -0.4 is 5.73 Å². The predicted octanol–water partition coefficient (Wildman–Crippen LogP) is 2.79. The molecule has 2 N–H and O–H groups in total. The molecule has 0 saturated carbocycles. The highest BCUT2D eigenvalue weighted by Crippen LogP contribution is 2.24. The zero-order valence-corrected chi connectivity index (χ0v) is 11.8. The summed E-state index contributed by atoms with van der Waals surface area (Å²) in [5.74, 6) is 0.535. The highest BCUT2D eigenvalue weighted by Gasteiger charge is 2.10. The van der Waals surface area contributed by atoms with Crippen molar-refractivity contribution >= 4 is 5.95 Å². The molecular formula is C15H21N3O. The number of rotatable bonds is 5. The lowest BCUT2D eigenvalue weighted by Gasteiger charge is -2.11. The molecule has 1 heterocycles. The zero-order valence-electron chi connectivity index (χ0n) is 11.8. The summed E-state index contributed by atoms with van der Waals surface area (Å²) in [5, 5.41) is 0. The molecule has 0 aliphatic carbocycles. The number of hydrogen-bond donors (Lipinski definition) is 1. The molecular weight excluding hydrogens is 238 g/mol. The number of aromatic nitrogens is 2. The van der Waals surface area contributed by atoms with E-state index in [2.05, 4.69) is 37.0 Å². The fourth-order valence-electron chi connectivity index (χ4n) is 2.06. The first-order chi connectivity index (χ1) is 9.13. The van der Waals surface area contributed by atoms with Gasteiger partial charge in [-0.15, -0.1) is 0 Å². The molecule has 1 aromatic heterocycles. The van der Waals surface area contributed by atoms with Gasteiger partial charge in [-0.05, 0) is 38.0 Å². The van der Waals surface area contributed by atoms with Gasteiger partial charge in [0.2, 0.25) is 5.95 Å². The van der Waals surface area contributed by atoms with E-state index in [1.54, 1.807) is 0 Å². The minimum atomic E-state index is 0.535. The first-order valence-electron chi connectivity index (χ1n) is 6.60. The maximum Gasteiger partial charge on any atom is 0.200 e. The lowest BCUT2D eigenvalue weighted by Crippen LogP contribution is -2.10. The Kier molecular flexibility index (Phi) is 4.22. The molecule has 0 aliphatic rings. The predicted molar refractivity (Wildman–Crippen MR) is 78.0 cm³/mol. The Morgan fingerprint density at radius 1 is 1.26 bits per heavy atom. The largest absolute Gasteiger partial charge is 0.380 e. The molecule has 0 bridgehead atoms. The minimum absolute atomic E-state index is 0.535. The van der Waals surface area contributed by atoms with E-state index in [1.807, 2.05) is 17.7 Å². The SMILES string of the molecule is CCOCCn1c(-c2ccc(C)c(C)c2)cnc1N. The van der Waals surface area contributed by atoms with Crippen LogP contribution in [0.3, 0.4) is 0 Å². The fraction of sp³-hybridized carbons (Fsp3) is 0.400. The molecule has 4 nitrogen and oxygen atoms in total. The van der Waals surface area contributed by atoms with Crippen LogP contribution in [0.1, 0.15) is 18.1 Å². The monoisotopic (exact) mass is 259 g/mol. The number of benzene rings is 1. The van der Waals surface area contributed by atoms with Crippen molar-refractivity contribution in [1.29, 1.82) is 0 Å². The second-order valence-electron chi connectivity index (χ2n) is 4.65. The van der Waals surface area contributed by atoms with Crippen molar-refractivity contribution in [3.05, 3.63) is 35.5 Å². The van der Waals surface area contributed by atoms with Gasteiger partial charge in [0, 0.05) is 18.7 Å². The third-order valence-corrected chi connectivity index (χ3v) is 3.35. The third kappa shape index (κ3) is 2.96. The molecule has 0 fully saturated rings. The summed E-state index contributed by atoms with van der Waals surface area (Å²) in [7, 11) is 0. The van der Waals surface area contributed by atoms with Gasteiger partial charge in [-0.3, -0.25) is 0 Å². The Bertz CT molecular complexity index is 561. The molecule has 19 heavy (non-hydrogen) atoms. The van der Waals surface area contributed by atoms with Gasteiger partial charge >= 0.3 is 0 Å². The van der Waals surface area contributed by atoms with E-state index < -0.39 is 0 Å². The number of nitrogens with two attached hydrogens (primary N) is 1.